The molecule has 0 saturated heterocycles. The lowest BCUT2D eigenvalue weighted by molar-refractivity contribution is 0.561. The van der Waals surface area contributed by atoms with Crippen molar-refractivity contribution in [1.82, 2.24) is 4.98 Å². The van der Waals surface area contributed by atoms with E-state index in [2.05, 4.69) is 41.8 Å². The van der Waals surface area contributed by atoms with Crippen LogP contribution in [0.2, 0.25) is 0 Å². The van der Waals surface area contributed by atoms with Crippen LogP contribution in [0.5, 0.6) is 0 Å². The molecule has 0 aliphatic rings. The third-order valence-corrected chi connectivity index (χ3v) is 4.53. The van der Waals surface area contributed by atoms with E-state index in [0.717, 1.165) is 9.86 Å². The van der Waals surface area contributed by atoms with E-state index in [4.69, 9.17) is 15.9 Å². The zero-order valence-electron chi connectivity index (χ0n) is 10.8. The summed E-state index contributed by atoms with van der Waals surface area (Å²) in [5, 5.41) is 2.85. The summed E-state index contributed by atoms with van der Waals surface area (Å²) in [5.41, 5.74) is 11.5. The van der Waals surface area contributed by atoms with E-state index in [1.165, 1.54) is 11.3 Å². The smallest absolute Gasteiger partial charge is 0.345 e. The minimum atomic E-state index is -0.475. The molecule has 4 N–H and O–H groups in total. The molecule has 2 heterocycles. The van der Waals surface area contributed by atoms with Crippen LogP contribution >= 0.6 is 43.2 Å². The number of nitrogens with zero attached hydrogens (tertiary/aromatic N) is 2. The number of hydrogen-bond donors (Lipinski definition) is 2. The average Bonchev–Trinajstić information content (AvgIpc) is 2.86. The molecule has 0 spiro atoms. The lowest BCUT2D eigenvalue weighted by Gasteiger charge is -2.02. The molecule has 3 rings (SSSR count). The van der Waals surface area contributed by atoms with Gasteiger partial charge in [-0.3, -0.25) is 0 Å². The second-order valence-corrected chi connectivity index (χ2v) is 6.91. The summed E-state index contributed by atoms with van der Waals surface area (Å²) in [4.78, 5) is 20.3. The van der Waals surface area contributed by atoms with Crippen LogP contribution in [0.4, 0.5) is 5.13 Å². The SMILES string of the molecule is NC(N)=Nc1nc(-c2cc3cc(Br)cc(Br)c3oc2=O)cs1. The summed E-state index contributed by atoms with van der Waals surface area (Å²) in [7, 11) is 0. The highest BCUT2D eigenvalue weighted by atomic mass is 79.9. The largest absolute Gasteiger partial charge is 0.421 e. The third-order valence-electron chi connectivity index (χ3n) is 2.74. The summed E-state index contributed by atoms with van der Waals surface area (Å²) in [6.07, 6.45) is 0. The summed E-state index contributed by atoms with van der Waals surface area (Å²) in [5.74, 6) is -0.0840. The van der Waals surface area contributed by atoms with Gasteiger partial charge >= 0.3 is 5.63 Å². The first-order valence-corrected chi connectivity index (χ1v) is 8.39. The molecular formula is C13H8Br2N4O2S. The molecule has 0 radical (unpaired) electrons. The number of aliphatic imine (C=N–C) groups is 1. The molecule has 0 unspecified atom stereocenters. The van der Waals surface area contributed by atoms with Gasteiger partial charge in [-0.25, -0.2) is 9.78 Å². The van der Waals surface area contributed by atoms with Gasteiger partial charge in [0.15, 0.2) is 11.5 Å². The first-order chi connectivity index (χ1) is 10.4. The Bertz CT molecular complexity index is 960. The van der Waals surface area contributed by atoms with Crippen LogP contribution in [-0.4, -0.2) is 10.9 Å². The molecule has 3 aromatic rings. The van der Waals surface area contributed by atoms with Crippen LogP contribution in [0.15, 0.2) is 46.7 Å². The van der Waals surface area contributed by atoms with Crippen molar-refractivity contribution in [3.8, 4) is 11.3 Å². The lowest BCUT2D eigenvalue weighted by atomic mass is 10.1. The summed E-state index contributed by atoms with van der Waals surface area (Å²) in [6.45, 7) is 0. The van der Waals surface area contributed by atoms with E-state index in [-0.39, 0.29) is 5.96 Å². The van der Waals surface area contributed by atoms with Crippen LogP contribution in [-0.2, 0) is 0 Å². The van der Waals surface area contributed by atoms with E-state index in [9.17, 15) is 4.79 Å². The molecule has 0 amide bonds. The minimum absolute atomic E-state index is 0.0840. The second-order valence-electron chi connectivity index (χ2n) is 4.31. The molecule has 6 nitrogen and oxygen atoms in total. The van der Waals surface area contributed by atoms with Gasteiger partial charge in [-0.2, -0.15) is 4.99 Å². The maximum Gasteiger partial charge on any atom is 0.345 e. The van der Waals surface area contributed by atoms with Crippen molar-refractivity contribution in [3.05, 3.63) is 42.9 Å². The first-order valence-electron chi connectivity index (χ1n) is 5.92. The summed E-state index contributed by atoms with van der Waals surface area (Å²) in [6, 6.07) is 5.39. The van der Waals surface area contributed by atoms with Crippen LogP contribution in [0.3, 0.4) is 0 Å². The zero-order valence-corrected chi connectivity index (χ0v) is 14.8. The van der Waals surface area contributed by atoms with Gasteiger partial charge < -0.3 is 15.9 Å². The number of halogens is 2. The fourth-order valence-corrected chi connectivity index (χ4v) is 3.93. The topological polar surface area (TPSA) is 108 Å². The van der Waals surface area contributed by atoms with Crippen LogP contribution in [0.25, 0.3) is 22.2 Å². The molecule has 112 valence electrons. The number of rotatable bonds is 2. The molecule has 9 heteroatoms. The van der Waals surface area contributed by atoms with Crippen LogP contribution in [0, 0.1) is 0 Å². The molecule has 0 atom stereocenters. The highest BCUT2D eigenvalue weighted by molar-refractivity contribution is 9.11. The van der Waals surface area contributed by atoms with Gasteiger partial charge in [0.2, 0.25) is 5.13 Å². The van der Waals surface area contributed by atoms with Crippen molar-refractivity contribution in [2.24, 2.45) is 16.5 Å². The van der Waals surface area contributed by atoms with Gasteiger partial charge in [-0.15, -0.1) is 11.3 Å². The zero-order chi connectivity index (χ0) is 15.9. The van der Waals surface area contributed by atoms with E-state index in [0.29, 0.717) is 26.4 Å². The lowest BCUT2D eigenvalue weighted by Crippen LogP contribution is -2.21. The van der Waals surface area contributed by atoms with Gasteiger partial charge in [0.05, 0.1) is 15.7 Å². The van der Waals surface area contributed by atoms with Crippen molar-refractivity contribution in [1.29, 1.82) is 0 Å². The Morgan fingerprint density at radius 2 is 2.05 bits per heavy atom. The monoisotopic (exact) mass is 442 g/mol. The first kappa shape index (κ1) is 15.2. The van der Waals surface area contributed by atoms with Crippen molar-refractivity contribution in [2.75, 3.05) is 0 Å². The molecule has 0 aliphatic heterocycles. The van der Waals surface area contributed by atoms with Crippen molar-refractivity contribution < 1.29 is 4.42 Å². The summed E-state index contributed by atoms with van der Waals surface area (Å²) >= 11 is 8.01. The Kier molecular flexibility index (Phi) is 4.02. The maximum atomic E-state index is 12.2. The number of benzene rings is 1. The number of fused-ring (bicyclic) bond motifs is 1. The highest BCUT2D eigenvalue weighted by Gasteiger charge is 2.13. The van der Waals surface area contributed by atoms with Crippen LogP contribution in [0.1, 0.15) is 0 Å². The molecular weight excluding hydrogens is 436 g/mol. The highest BCUT2D eigenvalue weighted by Crippen LogP contribution is 2.31. The molecule has 2 aromatic heterocycles. The Labute approximate surface area is 145 Å². The van der Waals surface area contributed by atoms with Gasteiger partial charge in [-0.1, -0.05) is 15.9 Å². The summed E-state index contributed by atoms with van der Waals surface area (Å²) < 4.78 is 6.94. The van der Waals surface area contributed by atoms with E-state index in [1.54, 1.807) is 11.4 Å². The Hall–Kier alpha value is -1.71. The molecule has 1 aromatic carbocycles. The van der Waals surface area contributed by atoms with Gasteiger partial charge in [0.1, 0.15) is 0 Å². The van der Waals surface area contributed by atoms with E-state index < -0.39 is 5.63 Å². The molecule has 0 aliphatic carbocycles. The average molecular weight is 444 g/mol. The molecule has 0 bridgehead atoms. The molecule has 0 fully saturated rings. The Morgan fingerprint density at radius 3 is 2.77 bits per heavy atom. The molecule has 22 heavy (non-hydrogen) atoms. The third kappa shape index (κ3) is 2.92. The minimum Gasteiger partial charge on any atom is -0.421 e. The fourth-order valence-electron chi connectivity index (χ4n) is 1.89. The van der Waals surface area contributed by atoms with Gasteiger partial charge in [0.25, 0.3) is 0 Å². The number of nitrogens with two attached hydrogens (primary N) is 2. The van der Waals surface area contributed by atoms with Crippen LogP contribution < -0.4 is 17.1 Å². The Balaban J connectivity index is 2.19. The van der Waals surface area contributed by atoms with Crippen molar-refractivity contribution >= 4 is 65.3 Å². The predicted octanol–water partition coefficient (Wildman–Crippen LogP) is 3.35. The molecule has 0 saturated carbocycles. The standard InChI is InChI=1S/C13H8Br2N4O2S/c14-6-1-5-2-7(11(20)21-10(5)8(15)3-6)9-4-22-13(18-9)19-12(16)17/h1-4H,(H4,16,17,18,19). The van der Waals surface area contributed by atoms with E-state index >= 15 is 0 Å². The van der Waals surface area contributed by atoms with Gasteiger partial charge in [0, 0.05) is 15.2 Å². The van der Waals surface area contributed by atoms with Crippen molar-refractivity contribution in [3.63, 3.8) is 0 Å². The second kappa shape index (κ2) is 5.82. The maximum absolute atomic E-state index is 12.2. The number of hydrogen-bond acceptors (Lipinski definition) is 5. The van der Waals surface area contributed by atoms with Gasteiger partial charge in [-0.05, 0) is 34.1 Å². The van der Waals surface area contributed by atoms with Crippen molar-refractivity contribution in [2.45, 2.75) is 0 Å². The normalized spacial score (nSPS) is 10.8. The van der Waals surface area contributed by atoms with E-state index in [1.807, 2.05) is 12.1 Å². The number of thiazole rings is 1. The quantitative estimate of drug-likeness (QED) is 0.358. The predicted molar refractivity (Wildman–Crippen MR) is 94.5 cm³/mol. The number of aromatic nitrogens is 1. The fraction of sp³-hybridized carbons (Fsp3) is 0. The number of guanidine groups is 1. The Morgan fingerprint density at radius 1 is 1.27 bits per heavy atom.